The second-order valence-corrected chi connectivity index (χ2v) is 11.0. The molecular weight excluding hydrogens is 412 g/mol. The fourth-order valence-electron chi connectivity index (χ4n) is 5.37. The van der Waals surface area contributed by atoms with E-state index in [4.69, 9.17) is 4.74 Å². The molecule has 0 radical (unpaired) electrons. The molecule has 2 aliphatic rings. The summed E-state index contributed by atoms with van der Waals surface area (Å²) in [7, 11) is 0. The smallest absolute Gasteiger partial charge is 0.309 e. The lowest BCUT2D eigenvalue weighted by Crippen LogP contribution is -2.30. The van der Waals surface area contributed by atoms with Gasteiger partial charge >= 0.3 is 5.97 Å². The molecule has 0 heterocycles. The van der Waals surface area contributed by atoms with Crippen molar-refractivity contribution >= 4 is 17.5 Å². The molecule has 0 N–H and O–H groups in total. The zero-order valence-corrected chi connectivity index (χ0v) is 20.9. The summed E-state index contributed by atoms with van der Waals surface area (Å²) in [6, 6.07) is 6.01. The van der Waals surface area contributed by atoms with E-state index in [1.807, 2.05) is 32.9 Å². The van der Waals surface area contributed by atoms with E-state index in [0.29, 0.717) is 29.3 Å². The molecule has 0 aliphatic heterocycles. The van der Waals surface area contributed by atoms with Crippen molar-refractivity contribution in [3.05, 3.63) is 47.0 Å². The van der Waals surface area contributed by atoms with E-state index in [2.05, 4.69) is 19.6 Å². The van der Waals surface area contributed by atoms with Crippen LogP contribution in [0.5, 0.6) is 0 Å². The summed E-state index contributed by atoms with van der Waals surface area (Å²) in [5.41, 5.74) is 3.29. The summed E-state index contributed by atoms with van der Waals surface area (Å²) in [6.07, 6.45) is 8.72. The summed E-state index contributed by atoms with van der Waals surface area (Å²) >= 11 is 0. The monoisotopic (exact) mass is 452 g/mol. The molecule has 1 aromatic rings. The third-order valence-electron chi connectivity index (χ3n) is 7.22. The minimum Gasteiger partial charge on any atom is -0.460 e. The van der Waals surface area contributed by atoms with Crippen LogP contribution < -0.4 is 0 Å². The Morgan fingerprint density at radius 2 is 1.79 bits per heavy atom. The number of aryl methyl sites for hydroxylation is 1. The van der Waals surface area contributed by atoms with Gasteiger partial charge in [0.15, 0.2) is 5.78 Å². The highest BCUT2D eigenvalue weighted by Gasteiger charge is 2.31. The summed E-state index contributed by atoms with van der Waals surface area (Å²) in [5.74, 6) is 0.924. The Hall–Kier alpha value is -2.23. The fourth-order valence-corrected chi connectivity index (χ4v) is 5.37. The molecule has 1 atom stereocenters. The number of Topliss-reactive ketones (excluding diaryl/α,β-unsaturated/α-hetero) is 2. The third kappa shape index (κ3) is 6.88. The Kier molecular flexibility index (Phi) is 8.31. The standard InChI is InChI=1S/C29H40O4/c1-19(8-6-9-22-10-7-11-26(22)30)27(31)24-16-17-25(20(2)18-24)21-12-14-23(15-13-21)28(32)33-29(3,4)5/h16-18,21-23H,1,6-15H2,2-5H3. The highest BCUT2D eigenvalue weighted by Crippen LogP contribution is 2.38. The number of carbonyl (C=O) groups excluding carboxylic acids is 3. The van der Waals surface area contributed by atoms with Crippen LogP contribution in [0.1, 0.15) is 112 Å². The number of ether oxygens (including phenoxy) is 1. The summed E-state index contributed by atoms with van der Waals surface area (Å²) in [5, 5.41) is 0. The zero-order valence-electron chi connectivity index (χ0n) is 20.9. The van der Waals surface area contributed by atoms with Gasteiger partial charge in [0.25, 0.3) is 0 Å². The molecule has 4 heteroatoms. The molecule has 0 aromatic heterocycles. The van der Waals surface area contributed by atoms with Crippen LogP contribution >= 0.6 is 0 Å². The average molecular weight is 453 g/mol. The van der Waals surface area contributed by atoms with Crippen LogP contribution in [-0.2, 0) is 14.3 Å². The number of allylic oxidation sites excluding steroid dienone is 1. The maximum Gasteiger partial charge on any atom is 0.309 e. The fraction of sp³-hybridized carbons (Fsp3) is 0.621. The van der Waals surface area contributed by atoms with E-state index < -0.39 is 5.60 Å². The van der Waals surface area contributed by atoms with Crippen LogP contribution in [0.15, 0.2) is 30.4 Å². The first-order valence-electron chi connectivity index (χ1n) is 12.6. The Morgan fingerprint density at radius 1 is 1.09 bits per heavy atom. The maximum absolute atomic E-state index is 12.9. The van der Waals surface area contributed by atoms with E-state index in [0.717, 1.165) is 63.4 Å². The largest absolute Gasteiger partial charge is 0.460 e. The second-order valence-electron chi connectivity index (χ2n) is 11.0. The van der Waals surface area contributed by atoms with E-state index in [9.17, 15) is 14.4 Å². The first kappa shape index (κ1) is 25.4. The molecule has 1 unspecified atom stereocenters. The molecule has 0 saturated heterocycles. The van der Waals surface area contributed by atoms with Gasteiger partial charge in [0.2, 0.25) is 0 Å². The van der Waals surface area contributed by atoms with Gasteiger partial charge in [0.1, 0.15) is 11.4 Å². The van der Waals surface area contributed by atoms with Gasteiger partial charge in [-0.3, -0.25) is 14.4 Å². The van der Waals surface area contributed by atoms with Gasteiger partial charge in [-0.05, 0) is 114 Å². The van der Waals surface area contributed by atoms with Crippen molar-refractivity contribution in [3.63, 3.8) is 0 Å². The zero-order chi connectivity index (χ0) is 24.2. The molecule has 2 aliphatic carbocycles. The highest BCUT2D eigenvalue weighted by atomic mass is 16.6. The first-order chi connectivity index (χ1) is 15.5. The topological polar surface area (TPSA) is 60.4 Å². The maximum atomic E-state index is 12.9. The van der Waals surface area contributed by atoms with Crippen molar-refractivity contribution < 1.29 is 19.1 Å². The van der Waals surface area contributed by atoms with E-state index in [1.54, 1.807) is 0 Å². The van der Waals surface area contributed by atoms with Crippen molar-refractivity contribution in [3.8, 4) is 0 Å². The second kappa shape index (κ2) is 10.8. The van der Waals surface area contributed by atoms with Crippen LogP contribution in [0.4, 0.5) is 0 Å². The number of rotatable bonds is 8. The Labute approximate surface area is 199 Å². The van der Waals surface area contributed by atoms with Crippen molar-refractivity contribution in [2.45, 2.75) is 103 Å². The van der Waals surface area contributed by atoms with Gasteiger partial charge in [0, 0.05) is 17.9 Å². The number of benzene rings is 1. The lowest BCUT2D eigenvalue weighted by atomic mass is 9.77. The molecule has 2 fully saturated rings. The molecule has 1 aromatic carbocycles. The molecule has 180 valence electrons. The van der Waals surface area contributed by atoms with E-state index in [-0.39, 0.29) is 23.6 Å². The Morgan fingerprint density at radius 3 is 2.36 bits per heavy atom. The summed E-state index contributed by atoms with van der Waals surface area (Å²) in [6.45, 7) is 11.8. The van der Waals surface area contributed by atoms with Crippen LogP contribution in [0.3, 0.4) is 0 Å². The van der Waals surface area contributed by atoms with Gasteiger partial charge in [-0.25, -0.2) is 0 Å². The minimum absolute atomic E-state index is 0.00974. The number of hydrogen-bond donors (Lipinski definition) is 0. The van der Waals surface area contributed by atoms with Gasteiger partial charge in [0.05, 0.1) is 5.92 Å². The number of ketones is 2. The Bertz CT molecular complexity index is 897. The van der Waals surface area contributed by atoms with Gasteiger partial charge < -0.3 is 4.74 Å². The number of hydrogen-bond acceptors (Lipinski definition) is 4. The van der Waals surface area contributed by atoms with Crippen molar-refractivity contribution in [2.75, 3.05) is 0 Å². The first-order valence-corrected chi connectivity index (χ1v) is 12.6. The minimum atomic E-state index is -0.440. The van der Waals surface area contributed by atoms with Crippen molar-refractivity contribution in [1.82, 2.24) is 0 Å². The lowest BCUT2D eigenvalue weighted by molar-refractivity contribution is -0.161. The van der Waals surface area contributed by atoms with E-state index >= 15 is 0 Å². The molecule has 33 heavy (non-hydrogen) atoms. The van der Waals surface area contributed by atoms with E-state index in [1.165, 1.54) is 5.56 Å². The Balaban J connectivity index is 1.52. The summed E-state index contributed by atoms with van der Waals surface area (Å²) < 4.78 is 5.57. The highest BCUT2D eigenvalue weighted by molar-refractivity contribution is 6.08. The SMILES string of the molecule is C=C(CCCC1CCCC1=O)C(=O)c1ccc(C2CCC(C(=O)OC(C)(C)C)CC2)c(C)c1. The number of carbonyl (C=O) groups is 3. The van der Waals surface area contributed by atoms with Crippen LogP contribution in [0, 0.1) is 18.8 Å². The van der Waals surface area contributed by atoms with Crippen molar-refractivity contribution in [1.29, 1.82) is 0 Å². The van der Waals surface area contributed by atoms with Gasteiger partial charge in [-0.15, -0.1) is 0 Å². The molecule has 0 bridgehead atoms. The molecule has 0 spiro atoms. The molecular formula is C29H40O4. The number of esters is 1. The molecule has 3 rings (SSSR count). The predicted octanol–water partition coefficient (Wildman–Crippen LogP) is 6.89. The average Bonchev–Trinajstić information content (AvgIpc) is 3.16. The van der Waals surface area contributed by atoms with Gasteiger partial charge in [-0.1, -0.05) is 18.7 Å². The molecule has 4 nitrogen and oxygen atoms in total. The van der Waals surface area contributed by atoms with Crippen LogP contribution in [-0.4, -0.2) is 23.1 Å². The summed E-state index contributed by atoms with van der Waals surface area (Å²) in [4.78, 5) is 37.1. The third-order valence-corrected chi connectivity index (χ3v) is 7.22. The van der Waals surface area contributed by atoms with Crippen LogP contribution in [0.2, 0.25) is 0 Å². The quantitative estimate of drug-likeness (QED) is 0.245. The van der Waals surface area contributed by atoms with Gasteiger partial charge in [-0.2, -0.15) is 0 Å². The molecule has 2 saturated carbocycles. The predicted molar refractivity (Wildman–Crippen MR) is 131 cm³/mol. The normalized spacial score (nSPS) is 23.4. The van der Waals surface area contributed by atoms with Crippen molar-refractivity contribution in [2.24, 2.45) is 11.8 Å². The molecule has 0 amide bonds. The van der Waals surface area contributed by atoms with Crippen LogP contribution in [0.25, 0.3) is 0 Å². The lowest BCUT2D eigenvalue weighted by Gasteiger charge is -2.30.